The summed E-state index contributed by atoms with van der Waals surface area (Å²) in [6.45, 7) is 5.69. The maximum absolute atomic E-state index is 11.8. The summed E-state index contributed by atoms with van der Waals surface area (Å²) in [5.41, 5.74) is 0. The van der Waals surface area contributed by atoms with Crippen molar-refractivity contribution in [1.29, 1.82) is 0 Å². The summed E-state index contributed by atoms with van der Waals surface area (Å²) in [5, 5.41) is 8.89. The average Bonchev–Trinajstić information content (AvgIpc) is 2.25. The molecule has 5 nitrogen and oxygen atoms in total. The van der Waals surface area contributed by atoms with Gasteiger partial charge in [0.1, 0.15) is 6.04 Å². The van der Waals surface area contributed by atoms with Gasteiger partial charge in [-0.25, -0.2) is 13.1 Å². The Hall–Kier alpha value is -0.620. The molecule has 1 unspecified atom stereocenters. The molecule has 0 aromatic rings. The van der Waals surface area contributed by atoms with E-state index < -0.39 is 22.0 Å². The Bertz CT molecular complexity index is 322. The van der Waals surface area contributed by atoms with Crippen LogP contribution < -0.4 is 4.72 Å². The van der Waals surface area contributed by atoms with Gasteiger partial charge in [-0.2, -0.15) is 0 Å². The molecule has 0 aromatic heterocycles. The second-order valence-corrected chi connectivity index (χ2v) is 6.06. The number of carboxylic acid groups (broad SMARTS) is 1. The highest BCUT2D eigenvalue weighted by Gasteiger charge is 2.24. The van der Waals surface area contributed by atoms with Gasteiger partial charge in [0.2, 0.25) is 10.0 Å². The van der Waals surface area contributed by atoms with E-state index in [1.54, 1.807) is 0 Å². The van der Waals surface area contributed by atoms with E-state index >= 15 is 0 Å². The quantitative estimate of drug-likeness (QED) is 0.663. The first-order valence-corrected chi connectivity index (χ1v) is 7.74. The van der Waals surface area contributed by atoms with Crippen molar-refractivity contribution in [3.05, 3.63) is 0 Å². The Morgan fingerprint density at radius 3 is 2.12 bits per heavy atom. The molecule has 0 amide bonds. The van der Waals surface area contributed by atoms with Crippen LogP contribution in [0.2, 0.25) is 0 Å². The van der Waals surface area contributed by atoms with Crippen molar-refractivity contribution in [2.75, 3.05) is 5.75 Å². The standard InChI is InChI=1S/C11H23NO4S/c1-4-7-10(11(13)14)12-17(15,16)8-9(5-2)6-3/h9-10,12H,4-8H2,1-3H3,(H,13,14). The monoisotopic (exact) mass is 265 g/mol. The van der Waals surface area contributed by atoms with Gasteiger partial charge >= 0.3 is 5.97 Å². The number of hydrogen-bond acceptors (Lipinski definition) is 3. The molecular weight excluding hydrogens is 242 g/mol. The molecule has 0 spiro atoms. The molecule has 102 valence electrons. The molecule has 0 bridgehead atoms. The van der Waals surface area contributed by atoms with E-state index in [4.69, 9.17) is 5.11 Å². The Kier molecular flexibility index (Phi) is 7.38. The van der Waals surface area contributed by atoms with E-state index in [9.17, 15) is 13.2 Å². The summed E-state index contributed by atoms with van der Waals surface area (Å²) in [4.78, 5) is 10.9. The summed E-state index contributed by atoms with van der Waals surface area (Å²) in [7, 11) is -3.50. The number of nitrogens with one attached hydrogen (secondary N) is 1. The minimum absolute atomic E-state index is 0.00743. The van der Waals surface area contributed by atoms with Crippen LogP contribution in [-0.4, -0.2) is 31.3 Å². The molecule has 17 heavy (non-hydrogen) atoms. The van der Waals surface area contributed by atoms with Crippen LogP contribution in [0.3, 0.4) is 0 Å². The van der Waals surface area contributed by atoms with Gasteiger partial charge in [-0.15, -0.1) is 0 Å². The van der Waals surface area contributed by atoms with E-state index in [0.717, 1.165) is 12.8 Å². The van der Waals surface area contributed by atoms with Crippen LogP contribution in [0, 0.1) is 5.92 Å². The van der Waals surface area contributed by atoms with Crippen molar-refractivity contribution in [3.8, 4) is 0 Å². The minimum atomic E-state index is -3.50. The van der Waals surface area contributed by atoms with Crippen molar-refractivity contribution in [2.24, 2.45) is 5.92 Å². The van der Waals surface area contributed by atoms with Gasteiger partial charge in [-0.1, -0.05) is 40.0 Å². The fraction of sp³-hybridized carbons (Fsp3) is 0.909. The zero-order valence-corrected chi connectivity index (χ0v) is 11.6. The largest absolute Gasteiger partial charge is 0.480 e. The first-order valence-electron chi connectivity index (χ1n) is 6.09. The van der Waals surface area contributed by atoms with Gasteiger partial charge in [0.25, 0.3) is 0 Å². The molecule has 0 saturated heterocycles. The third kappa shape index (κ3) is 6.63. The predicted molar refractivity (Wildman–Crippen MR) is 67.3 cm³/mol. The van der Waals surface area contributed by atoms with Crippen molar-refractivity contribution >= 4 is 16.0 Å². The smallest absolute Gasteiger partial charge is 0.321 e. The number of rotatable bonds is 9. The summed E-state index contributed by atoms with van der Waals surface area (Å²) in [5.74, 6) is -1.02. The van der Waals surface area contributed by atoms with E-state index in [-0.39, 0.29) is 11.7 Å². The Morgan fingerprint density at radius 2 is 1.76 bits per heavy atom. The SMILES string of the molecule is CCCC(NS(=O)(=O)CC(CC)CC)C(=O)O. The van der Waals surface area contributed by atoms with Crippen LogP contribution >= 0.6 is 0 Å². The van der Waals surface area contributed by atoms with Crippen molar-refractivity contribution in [1.82, 2.24) is 4.72 Å². The highest BCUT2D eigenvalue weighted by molar-refractivity contribution is 7.89. The zero-order chi connectivity index (χ0) is 13.5. The molecule has 6 heteroatoms. The fourth-order valence-electron chi connectivity index (χ4n) is 1.62. The molecule has 0 heterocycles. The van der Waals surface area contributed by atoms with Crippen LogP contribution in [0.15, 0.2) is 0 Å². The van der Waals surface area contributed by atoms with Crippen molar-refractivity contribution in [3.63, 3.8) is 0 Å². The lowest BCUT2D eigenvalue weighted by Gasteiger charge is -2.17. The molecule has 0 aliphatic rings. The fourth-order valence-corrected chi connectivity index (χ4v) is 3.46. The van der Waals surface area contributed by atoms with Crippen molar-refractivity contribution in [2.45, 2.75) is 52.5 Å². The molecule has 2 N–H and O–H groups in total. The van der Waals surface area contributed by atoms with E-state index in [1.807, 2.05) is 20.8 Å². The molecule has 0 aliphatic carbocycles. The zero-order valence-electron chi connectivity index (χ0n) is 10.8. The maximum Gasteiger partial charge on any atom is 0.321 e. The van der Waals surface area contributed by atoms with E-state index in [1.165, 1.54) is 0 Å². The summed E-state index contributed by atoms with van der Waals surface area (Å²) < 4.78 is 25.8. The summed E-state index contributed by atoms with van der Waals surface area (Å²) in [6, 6.07) is -1.00. The number of carboxylic acids is 1. The van der Waals surface area contributed by atoms with Crippen LogP contribution in [-0.2, 0) is 14.8 Å². The van der Waals surface area contributed by atoms with E-state index in [2.05, 4.69) is 4.72 Å². The highest BCUT2D eigenvalue weighted by atomic mass is 32.2. The lowest BCUT2D eigenvalue weighted by atomic mass is 10.1. The molecule has 0 aromatic carbocycles. The Labute approximate surface area is 104 Å². The highest BCUT2D eigenvalue weighted by Crippen LogP contribution is 2.11. The lowest BCUT2D eigenvalue weighted by Crippen LogP contribution is -2.42. The van der Waals surface area contributed by atoms with Gasteiger partial charge in [0.05, 0.1) is 5.75 Å². The first kappa shape index (κ1) is 16.4. The second kappa shape index (κ2) is 7.66. The first-order chi connectivity index (χ1) is 7.86. The lowest BCUT2D eigenvalue weighted by molar-refractivity contribution is -0.139. The number of carbonyl (C=O) groups is 1. The topological polar surface area (TPSA) is 83.5 Å². The third-order valence-corrected chi connectivity index (χ3v) is 4.36. The van der Waals surface area contributed by atoms with Crippen LogP contribution in [0.5, 0.6) is 0 Å². The van der Waals surface area contributed by atoms with Crippen LogP contribution in [0.4, 0.5) is 0 Å². The van der Waals surface area contributed by atoms with Gasteiger partial charge in [0, 0.05) is 0 Å². The molecule has 0 fully saturated rings. The van der Waals surface area contributed by atoms with Gasteiger partial charge < -0.3 is 5.11 Å². The van der Waals surface area contributed by atoms with Crippen LogP contribution in [0.25, 0.3) is 0 Å². The molecule has 0 rings (SSSR count). The summed E-state index contributed by atoms with van der Waals surface area (Å²) in [6.07, 6.45) is 2.51. The molecule has 0 aliphatic heterocycles. The summed E-state index contributed by atoms with van der Waals surface area (Å²) >= 11 is 0. The van der Waals surface area contributed by atoms with E-state index in [0.29, 0.717) is 12.8 Å². The van der Waals surface area contributed by atoms with Gasteiger partial charge in [-0.05, 0) is 12.3 Å². The Morgan fingerprint density at radius 1 is 1.24 bits per heavy atom. The average molecular weight is 265 g/mol. The maximum atomic E-state index is 11.8. The van der Waals surface area contributed by atoms with Gasteiger partial charge in [-0.3, -0.25) is 4.79 Å². The number of sulfonamides is 1. The predicted octanol–water partition coefficient (Wildman–Crippen LogP) is 1.60. The molecule has 0 saturated carbocycles. The van der Waals surface area contributed by atoms with Gasteiger partial charge in [0.15, 0.2) is 0 Å². The number of aliphatic carboxylic acids is 1. The molecule has 0 radical (unpaired) electrons. The molecule has 1 atom stereocenters. The molecular formula is C11H23NO4S. The number of hydrogen-bond donors (Lipinski definition) is 2. The third-order valence-electron chi connectivity index (χ3n) is 2.81. The Balaban J connectivity index is 4.55. The van der Waals surface area contributed by atoms with Crippen LogP contribution in [0.1, 0.15) is 46.5 Å². The minimum Gasteiger partial charge on any atom is -0.480 e. The normalized spacial score (nSPS) is 13.9. The second-order valence-electron chi connectivity index (χ2n) is 4.26. The van der Waals surface area contributed by atoms with Crippen molar-refractivity contribution < 1.29 is 18.3 Å².